The van der Waals surface area contributed by atoms with Gasteiger partial charge in [0.05, 0.1) is 11.3 Å². The van der Waals surface area contributed by atoms with Crippen LogP contribution in [0.15, 0.2) is 18.2 Å². The van der Waals surface area contributed by atoms with Crippen LogP contribution in [-0.4, -0.2) is 37.0 Å². The van der Waals surface area contributed by atoms with Crippen molar-refractivity contribution in [1.82, 2.24) is 10.6 Å². The Morgan fingerprint density at radius 1 is 1.33 bits per heavy atom. The quantitative estimate of drug-likeness (QED) is 0.755. The summed E-state index contributed by atoms with van der Waals surface area (Å²) >= 11 is 0. The van der Waals surface area contributed by atoms with Crippen LogP contribution in [0.5, 0.6) is 5.75 Å². The van der Waals surface area contributed by atoms with Crippen molar-refractivity contribution < 1.29 is 14.3 Å². The first-order valence-electron chi connectivity index (χ1n) is 7.27. The Hall–Kier alpha value is -2.08. The van der Waals surface area contributed by atoms with Crippen LogP contribution in [0.3, 0.4) is 0 Å². The van der Waals surface area contributed by atoms with Crippen LogP contribution < -0.4 is 20.7 Å². The summed E-state index contributed by atoms with van der Waals surface area (Å²) in [5.41, 5.74) is 1.02. The minimum absolute atomic E-state index is 0.151. The van der Waals surface area contributed by atoms with E-state index in [1.165, 1.54) is 0 Å². The van der Waals surface area contributed by atoms with E-state index in [1.54, 1.807) is 25.1 Å². The standard InChI is InChI=1S/C15H19N3O3/c1-9-14(19)18-12-4-2-3-11(13(12)21-9)15(20)17-10-5-7-16-8-6-10/h2-4,9-10,16H,5-8H2,1H3,(H,17,20)(H,18,19). The zero-order valence-corrected chi connectivity index (χ0v) is 11.9. The van der Waals surface area contributed by atoms with E-state index in [2.05, 4.69) is 16.0 Å². The second-order valence-corrected chi connectivity index (χ2v) is 5.43. The van der Waals surface area contributed by atoms with Gasteiger partial charge in [-0.2, -0.15) is 0 Å². The van der Waals surface area contributed by atoms with E-state index in [9.17, 15) is 9.59 Å². The third-order valence-electron chi connectivity index (χ3n) is 3.86. The molecule has 0 aromatic heterocycles. The summed E-state index contributed by atoms with van der Waals surface area (Å²) in [6, 6.07) is 5.39. The largest absolute Gasteiger partial charge is 0.478 e. The first kappa shape index (κ1) is 13.9. The van der Waals surface area contributed by atoms with Gasteiger partial charge in [-0.05, 0) is 45.0 Å². The summed E-state index contributed by atoms with van der Waals surface area (Å²) in [5, 5.41) is 9.06. The van der Waals surface area contributed by atoms with E-state index in [0.29, 0.717) is 17.0 Å². The molecule has 1 saturated heterocycles. The molecule has 0 spiro atoms. The molecule has 21 heavy (non-hydrogen) atoms. The van der Waals surface area contributed by atoms with Gasteiger partial charge in [0.25, 0.3) is 11.8 Å². The number of hydrogen-bond donors (Lipinski definition) is 3. The lowest BCUT2D eigenvalue weighted by atomic mass is 10.0. The molecular weight excluding hydrogens is 270 g/mol. The van der Waals surface area contributed by atoms with E-state index in [0.717, 1.165) is 25.9 Å². The highest BCUT2D eigenvalue weighted by Gasteiger charge is 2.28. The van der Waals surface area contributed by atoms with Gasteiger partial charge in [0.2, 0.25) is 0 Å². The lowest BCUT2D eigenvalue weighted by Crippen LogP contribution is -2.43. The highest BCUT2D eigenvalue weighted by molar-refractivity contribution is 6.04. The maximum Gasteiger partial charge on any atom is 0.265 e. The normalized spacial score (nSPS) is 22.0. The minimum Gasteiger partial charge on any atom is -0.478 e. The predicted molar refractivity (Wildman–Crippen MR) is 78.5 cm³/mol. The molecule has 1 unspecified atom stereocenters. The maximum absolute atomic E-state index is 12.4. The van der Waals surface area contributed by atoms with E-state index in [-0.39, 0.29) is 17.9 Å². The molecule has 2 aliphatic rings. The number of carbonyl (C=O) groups excluding carboxylic acids is 2. The summed E-state index contributed by atoms with van der Waals surface area (Å²) < 4.78 is 5.60. The average molecular weight is 289 g/mol. The number of amides is 2. The van der Waals surface area contributed by atoms with Crippen molar-refractivity contribution in [3.05, 3.63) is 23.8 Å². The van der Waals surface area contributed by atoms with Crippen molar-refractivity contribution in [2.24, 2.45) is 0 Å². The number of anilines is 1. The van der Waals surface area contributed by atoms with Gasteiger partial charge >= 0.3 is 0 Å². The molecule has 1 fully saturated rings. The molecule has 2 heterocycles. The van der Waals surface area contributed by atoms with Gasteiger partial charge in [-0.25, -0.2) is 0 Å². The first-order chi connectivity index (χ1) is 10.1. The van der Waals surface area contributed by atoms with Gasteiger partial charge in [-0.3, -0.25) is 9.59 Å². The van der Waals surface area contributed by atoms with Crippen molar-refractivity contribution in [2.75, 3.05) is 18.4 Å². The molecule has 2 aliphatic heterocycles. The number of piperidine rings is 1. The summed E-state index contributed by atoms with van der Waals surface area (Å²) in [6.07, 6.45) is 1.26. The van der Waals surface area contributed by atoms with Gasteiger partial charge in [0.1, 0.15) is 0 Å². The van der Waals surface area contributed by atoms with Crippen LogP contribution in [0, 0.1) is 0 Å². The smallest absolute Gasteiger partial charge is 0.265 e. The molecule has 2 amide bonds. The van der Waals surface area contributed by atoms with Crippen LogP contribution in [0.25, 0.3) is 0 Å². The highest BCUT2D eigenvalue weighted by Crippen LogP contribution is 2.33. The van der Waals surface area contributed by atoms with Crippen LogP contribution in [0.1, 0.15) is 30.1 Å². The Morgan fingerprint density at radius 2 is 2.10 bits per heavy atom. The zero-order valence-electron chi connectivity index (χ0n) is 11.9. The molecule has 0 bridgehead atoms. The second kappa shape index (κ2) is 5.73. The molecule has 1 atom stereocenters. The lowest BCUT2D eigenvalue weighted by Gasteiger charge is -2.27. The number of carbonyl (C=O) groups is 2. The van der Waals surface area contributed by atoms with Gasteiger partial charge < -0.3 is 20.7 Å². The van der Waals surface area contributed by atoms with Crippen molar-refractivity contribution in [3.63, 3.8) is 0 Å². The Labute approximate surface area is 123 Å². The molecule has 1 aromatic carbocycles. The van der Waals surface area contributed by atoms with E-state index >= 15 is 0 Å². The number of hydrogen-bond acceptors (Lipinski definition) is 4. The number of ether oxygens (including phenoxy) is 1. The van der Waals surface area contributed by atoms with Crippen LogP contribution >= 0.6 is 0 Å². The molecule has 6 heteroatoms. The molecular formula is C15H19N3O3. The topological polar surface area (TPSA) is 79.5 Å². The molecule has 0 aliphatic carbocycles. The third kappa shape index (κ3) is 2.85. The van der Waals surface area contributed by atoms with Crippen LogP contribution in [0.2, 0.25) is 0 Å². The molecule has 3 N–H and O–H groups in total. The van der Waals surface area contributed by atoms with E-state index < -0.39 is 6.10 Å². The predicted octanol–water partition coefficient (Wildman–Crippen LogP) is 0.888. The number of fused-ring (bicyclic) bond motifs is 1. The summed E-state index contributed by atoms with van der Waals surface area (Å²) in [6.45, 7) is 3.50. The highest BCUT2D eigenvalue weighted by atomic mass is 16.5. The fraction of sp³-hybridized carbons (Fsp3) is 0.467. The Bertz CT molecular complexity index is 567. The van der Waals surface area contributed by atoms with Gasteiger partial charge in [-0.15, -0.1) is 0 Å². The van der Waals surface area contributed by atoms with Crippen LogP contribution in [0.4, 0.5) is 5.69 Å². The summed E-state index contributed by atoms with van der Waals surface area (Å²) in [7, 11) is 0. The Balaban J connectivity index is 1.80. The first-order valence-corrected chi connectivity index (χ1v) is 7.27. The Kier molecular flexibility index (Phi) is 3.79. The number of rotatable bonds is 2. The SMILES string of the molecule is CC1Oc2c(cccc2C(=O)NC2CCNCC2)NC1=O. The van der Waals surface area contributed by atoms with Gasteiger partial charge in [0, 0.05) is 6.04 Å². The molecule has 1 aromatic rings. The second-order valence-electron chi connectivity index (χ2n) is 5.43. The fourth-order valence-corrected chi connectivity index (χ4v) is 2.64. The summed E-state index contributed by atoms with van der Waals surface area (Å²) in [4.78, 5) is 24.1. The van der Waals surface area contributed by atoms with Crippen molar-refractivity contribution in [2.45, 2.75) is 31.9 Å². The Morgan fingerprint density at radius 3 is 2.86 bits per heavy atom. The molecule has 6 nitrogen and oxygen atoms in total. The molecule has 0 saturated carbocycles. The molecule has 3 rings (SSSR count). The van der Waals surface area contributed by atoms with Gasteiger partial charge in [0.15, 0.2) is 11.9 Å². The average Bonchev–Trinajstić information content (AvgIpc) is 2.49. The van der Waals surface area contributed by atoms with E-state index in [1.807, 2.05) is 0 Å². The number of benzene rings is 1. The maximum atomic E-state index is 12.4. The number of para-hydroxylation sites is 1. The monoisotopic (exact) mass is 289 g/mol. The summed E-state index contributed by atoms with van der Waals surface area (Å²) in [5.74, 6) is 0.108. The van der Waals surface area contributed by atoms with E-state index in [4.69, 9.17) is 4.74 Å². The van der Waals surface area contributed by atoms with Crippen molar-refractivity contribution in [3.8, 4) is 5.75 Å². The zero-order chi connectivity index (χ0) is 14.8. The lowest BCUT2D eigenvalue weighted by molar-refractivity contribution is -0.122. The van der Waals surface area contributed by atoms with Gasteiger partial charge in [-0.1, -0.05) is 6.07 Å². The molecule has 0 radical (unpaired) electrons. The third-order valence-corrected chi connectivity index (χ3v) is 3.86. The van der Waals surface area contributed by atoms with Crippen molar-refractivity contribution >= 4 is 17.5 Å². The fourth-order valence-electron chi connectivity index (χ4n) is 2.64. The van der Waals surface area contributed by atoms with Crippen molar-refractivity contribution in [1.29, 1.82) is 0 Å². The molecule has 112 valence electrons. The number of nitrogens with one attached hydrogen (secondary N) is 3. The van der Waals surface area contributed by atoms with Crippen LogP contribution in [-0.2, 0) is 4.79 Å². The minimum atomic E-state index is -0.592.